The highest BCUT2D eigenvalue weighted by Crippen LogP contribution is 2.27. The molecule has 2 amide bonds. The second-order valence-corrected chi connectivity index (χ2v) is 12.3. The molecule has 4 rings (SSSR count). The van der Waals surface area contributed by atoms with Crippen LogP contribution in [0.1, 0.15) is 16.7 Å². The first-order valence-electron chi connectivity index (χ1n) is 13.6. The Morgan fingerprint density at radius 1 is 0.884 bits per heavy atom. The number of anilines is 1. The first kappa shape index (κ1) is 31.6. The van der Waals surface area contributed by atoms with Gasteiger partial charge in [0.15, 0.2) is 0 Å². The van der Waals surface area contributed by atoms with E-state index in [-0.39, 0.29) is 29.5 Å². The molecule has 0 saturated heterocycles. The van der Waals surface area contributed by atoms with Crippen molar-refractivity contribution < 1.29 is 22.7 Å². The zero-order valence-corrected chi connectivity index (χ0v) is 25.8. The summed E-state index contributed by atoms with van der Waals surface area (Å²) in [6, 6.07) is 28.3. The Morgan fingerprint density at radius 3 is 2.14 bits per heavy atom. The Hall–Kier alpha value is -4.34. The molecule has 0 saturated carbocycles. The molecule has 0 spiro atoms. The number of aryl methyl sites for hydroxylation is 1. The van der Waals surface area contributed by atoms with E-state index >= 15 is 0 Å². The van der Waals surface area contributed by atoms with Crippen LogP contribution in [0.15, 0.2) is 108 Å². The summed E-state index contributed by atoms with van der Waals surface area (Å²) in [5, 5.41) is 3.10. The van der Waals surface area contributed by atoms with Gasteiger partial charge in [0, 0.05) is 25.0 Å². The Bertz CT molecular complexity index is 1650. The molecular formula is C33H34ClN3O5S. The van der Waals surface area contributed by atoms with Gasteiger partial charge in [-0.15, -0.1) is 0 Å². The third-order valence-electron chi connectivity index (χ3n) is 6.99. The highest BCUT2D eigenvalue weighted by atomic mass is 35.5. The van der Waals surface area contributed by atoms with Crippen molar-refractivity contribution >= 4 is 39.1 Å². The minimum atomic E-state index is -4.22. The number of carbonyl (C=O) groups excluding carboxylic acids is 2. The van der Waals surface area contributed by atoms with Crippen molar-refractivity contribution in [3.05, 3.63) is 125 Å². The number of rotatable bonds is 12. The van der Waals surface area contributed by atoms with Crippen molar-refractivity contribution in [1.29, 1.82) is 0 Å². The van der Waals surface area contributed by atoms with Gasteiger partial charge >= 0.3 is 0 Å². The van der Waals surface area contributed by atoms with Crippen LogP contribution in [-0.2, 0) is 32.6 Å². The molecule has 4 aromatic rings. The summed E-state index contributed by atoms with van der Waals surface area (Å²) in [6.07, 6.45) is 0.240. The maximum Gasteiger partial charge on any atom is 0.264 e. The Labute approximate surface area is 257 Å². The monoisotopic (exact) mass is 619 g/mol. The molecule has 8 nitrogen and oxygen atoms in total. The number of amides is 2. The van der Waals surface area contributed by atoms with Crippen LogP contribution in [-0.4, -0.2) is 51.9 Å². The molecule has 4 aromatic carbocycles. The van der Waals surface area contributed by atoms with E-state index < -0.39 is 28.5 Å². The lowest BCUT2D eigenvalue weighted by atomic mass is 10.0. The first-order chi connectivity index (χ1) is 20.6. The summed E-state index contributed by atoms with van der Waals surface area (Å²) in [4.78, 5) is 29.1. The van der Waals surface area contributed by atoms with Gasteiger partial charge in [-0.1, -0.05) is 71.8 Å². The summed E-state index contributed by atoms with van der Waals surface area (Å²) < 4.78 is 34.3. The van der Waals surface area contributed by atoms with Gasteiger partial charge in [-0.25, -0.2) is 8.42 Å². The number of nitrogens with one attached hydrogen (secondary N) is 1. The first-order valence-corrected chi connectivity index (χ1v) is 15.5. The highest BCUT2D eigenvalue weighted by Gasteiger charge is 2.34. The smallest absolute Gasteiger partial charge is 0.264 e. The van der Waals surface area contributed by atoms with Crippen LogP contribution in [0.4, 0.5) is 5.69 Å². The van der Waals surface area contributed by atoms with Crippen molar-refractivity contribution in [3.8, 4) is 5.75 Å². The second-order valence-electron chi connectivity index (χ2n) is 9.99. The summed E-state index contributed by atoms with van der Waals surface area (Å²) >= 11 is 6.11. The van der Waals surface area contributed by atoms with E-state index in [0.29, 0.717) is 10.8 Å². The molecule has 10 heteroatoms. The molecule has 0 heterocycles. The average Bonchev–Trinajstić information content (AvgIpc) is 3.02. The van der Waals surface area contributed by atoms with Gasteiger partial charge in [0.2, 0.25) is 11.8 Å². The Balaban J connectivity index is 1.78. The number of halogens is 1. The summed E-state index contributed by atoms with van der Waals surface area (Å²) in [5.41, 5.74) is 2.92. The third-order valence-corrected chi connectivity index (χ3v) is 9.03. The maximum absolute atomic E-state index is 14.3. The lowest BCUT2D eigenvalue weighted by Crippen LogP contribution is -2.53. The van der Waals surface area contributed by atoms with Gasteiger partial charge in [-0.3, -0.25) is 13.9 Å². The van der Waals surface area contributed by atoms with E-state index in [9.17, 15) is 18.0 Å². The van der Waals surface area contributed by atoms with Crippen LogP contribution in [0.3, 0.4) is 0 Å². The molecule has 0 aliphatic rings. The fourth-order valence-corrected chi connectivity index (χ4v) is 6.28. The SMILES string of the molecule is CNC(=O)C(Cc1ccccc1)N(Cc1cccc(C)c1)C(=O)CN(c1ccc(Cl)cc1)S(=O)(=O)c1ccc(OC)cc1. The quantitative estimate of drug-likeness (QED) is 0.234. The van der Waals surface area contributed by atoms with Crippen LogP contribution < -0.4 is 14.4 Å². The van der Waals surface area contributed by atoms with Crippen molar-refractivity contribution in [2.24, 2.45) is 0 Å². The molecule has 0 radical (unpaired) electrons. The highest BCUT2D eigenvalue weighted by molar-refractivity contribution is 7.92. The van der Waals surface area contributed by atoms with Crippen molar-refractivity contribution in [1.82, 2.24) is 10.2 Å². The van der Waals surface area contributed by atoms with E-state index in [4.69, 9.17) is 16.3 Å². The number of ether oxygens (including phenoxy) is 1. The van der Waals surface area contributed by atoms with E-state index in [2.05, 4.69) is 5.32 Å². The van der Waals surface area contributed by atoms with Gasteiger partial charge in [-0.05, 0) is 66.6 Å². The lowest BCUT2D eigenvalue weighted by molar-refractivity contribution is -0.139. The normalized spacial score (nSPS) is 11.8. The maximum atomic E-state index is 14.3. The third kappa shape index (κ3) is 7.94. The molecule has 43 heavy (non-hydrogen) atoms. The predicted octanol–water partition coefficient (Wildman–Crippen LogP) is 5.24. The van der Waals surface area contributed by atoms with Crippen LogP contribution in [0.5, 0.6) is 5.75 Å². The second kappa shape index (κ2) is 14.2. The largest absolute Gasteiger partial charge is 0.497 e. The standard InChI is InChI=1S/C33H34ClN3O5S/c1-24-8-7-11-26(20-24)22-36(31(33(39)35-2)21-25-9-5-4-6-10-25)32(38)23-37(28-14-12-27(34)13-15-28)43(40,41)30-18-16-29(42-3)17-19-30/h4-20,31H,21-23H2,1-3H3,(H,35,39). The van der Waals surface area contributed by atoms with Crippen LogP contribution in [0.25, 0.3) is 0 Å². The Morgan fingerprint density at radius 2 is 1.53 bits per heavy atom. The average molecular weight is 620 g/mol. The topological polar surface area (TPSA) is 96.0 Å². The van der Waals surface area contributed by atoms with Gasteiger partial charge < -0.3 is 15.0 Å². The van der Waals surface area contributed by atoms with Crippen molar-refractivity contribution in [2.75, 3.05) is 25.0 Å². The molecule has 0 bridgehead atoms. The van der Waals surface area contributed by atoms with Gasteiger partial charge in [0.1, 0.15) is 18.3 Å². The minimum absolute atomic E-state index is 0.0200. The van der Waals surface area contributed by atoms with E-state index in [1.165, 1.54) is 31.2 Å². The molecule has 0 fully saturated rings. The molecule has 224 valence electrons. The number of sulfonamides is 1. The van der Waals surface area contributed by atoms with Gasteiger partial charge in [0.05, 0.1) is 17.7 Å². The van der Waals surface area contributed by atoms with Gasteiger partial charge in [-0.2, -0.15) is 0 Å². The number of nitrogens with zero attached hydrogens (tertiary/aromatic N) is 2. The zero-order valence-electron chi connectivity index (χ0n) is 24.2. The van der Waals surface area contributed by atoms with E-state index in [1.54, 1.807) is 36.4 Å². The van der Waals surface area contributed by atoms with Crippen LogP contribution in [0, 0.1) is 6.92 Å². The molecule has 0 aromatic heterocycles. The zero-order chi connectivity index (χ0) is 31.0. The van der Waals surface area contributed by atoms with Crippen LogP contribution in [0.2, 0.25) is 5.02 Å². The van der Waals surface area contributed by atoms with Gasteiger partial charge in [0.25, 0.3) is 10.0 Å². The number of hydrogen-bond acceptors (Lipinski definition) is 5. The molecule has 1 unspecified atom stereocenters. The number of methoxy groups -OCH3 is 1. The molecule has 1 N–H and O–H groups in total. The fraction of sp³-hybridized carbons (Fsp3) is 0.212. The molecule has 0 aliphatic carbocycles. The fourth-order valence-electron chi connectivity index (χ4n) is 4.74. The number of benzene rings is 4. The predicted molar refractivity (Wildman–Crippen MR) is 169 cm³/mol. The van der Waals surface area contributed by atoms with Crippen LogP contribution >= 0.6 is 11.6 Å². The summed E-state index contributed by atoms with van der Waals surface area (Å²) in [7, 11) is -1.22. The van der Waals surface area contributed by atoms with Crippen molar-refractivity contribution in [3.63, 3.8) is 0 Å². The lowest BCUT2D eigenvalue weighted by Gasteiger charge is -2.33. The molecular weight excluding hydrogens is 586 g/mol. The summed E-state index contributed by atoms with van der Waals surface area (Å²) in [5.74, 6) is -0.411. The van der Waals surface area contributed by atoms with Crippen molar-refractivity contribution in [2.45, 2.75) is 30.8 Å². The number of carbonyl (C=O) groups is 2. The molecule has 0 aliphatic heterocycles. The van der Waals surface area contributed by atoms with E-state index in [1.807, 2.05) is 61.5 Å². The van der Waals surface area contributed by atoms with E-state index in [0.717, 1.165) is 21.0 Å². The Kier molecular flexibility index (Phi) is 10.4. The summed E-state index contributed by atoms with van der Waals surface area (Å²) in [6.45, 7) is 1.49. The number of hydrogen-bond donors (Lipinski definition) is 1. The molecule has 1 atom stereocenters. The number of likely N-dealkylation sites (N-methyl/N-ethyl adjacent to an activating group) is 1. The minimum Gasteiger partial charge on any atom is -0.497 e.